The van der Waals surface area contributed by atoms with E-state index in [2.05, 4.69) is 10.1 Å². The summed E-state index contributed by atoms with van der Waals surface area (Å²) in [7, 11) is 3.34. The fraction of sp³-hybridized carbons (Fsp3) is 0.154. The molecule has 6 heteroatoms. The smallest absolute Gasteiger partial charge is 0.269 e. The Labute approximate surface area is 108 Å². The summed E-state index contributed by atoms with van der Waals surface area (Å²) in [5, 5.41) is 5.63. The molecular weight excluding hydrogens is 244 g/mol. The lowest BCUT2D eigenvalue weighted by atomic mass is 10.1. The summed E-state index contributed by atoms with van der Waals surface area (Å²) >= 11 is 0. The minimum Gasteiger partial charge on any atom is -0.497 e. The molecule has 2 N–H and O–H groups in total. The highest BCUT2D eigenvalue weighted by molar-refractivity contribution is 6.06. The first-order valence-corrected chi connectivity index (χ1v) is 5.71. The highest BCUT2D eigenvalue weighted by Crippen LogP contribution is 2.25. The monoisotopic (exact) mass is 256 g/mol. The van der Waals surface area contributed by atoms with Crippen LogP contribution in [-0.4, -0.2) is 27.8 Å². The van der Waals surface area contributed by atoms with Gasteiger partial charge >= 0.3 is 0 Å². The van der Waals surface area contributed by atoms with E-state index in [1.54, 1.807) is 18.8 Å². The molecule has 1 aromatic carbocycles. The number of rotatable bonds is 2. The summed E-state index contributed by atoms with van der Waals surface area (Å²) in [5.74, 6) is 0.174. The van der Waals surface area contributed by atoms with Gasteiger partial charge in [-0.05, 0) is 24.3 Å². The number of pyridine rings is 1. The number of carbonyl (C=O) groups is 1. The number of nitrogens with zero attached hydrogens (tertiary/aromatic N) is 3. The molecular formula is C13H12N4O2. The summed E-state index contributed by atoms with van der Waals surface area (Å²) in [6.45, 7) is 0. The number of aromatic nitrogens is 3. The van der Waals surface area contributed by atoms with Crippen LogP contribution in [0.1, 0.15) is 10.5 Å². The maximum atomic E-state index is 11.4. The topological polar surface area (TPSA) is 83.0 Å². The maximum Gasteiger partial charge on any atom is 0.269 e. The molecule has 0 radical (unpaired) electrons. The first-order chi connectivity index (χ1) is 9.10. The number of fused-ring (bicyclic) bond motifs is 2. The number of hydrogen-bond acceptors (Lipinski definition) is 4. The molecule has 0 aliphatic rings. The Kier molecular flexibility index (Phi) is 2.38. The summed E-state index contributed by atoms with van der Waals surface area (Å²) < 4.78 is 6.73. The number of nitrogens with two attached hydrogens (primary N) is 1. The van der Waals surface area contributed by atoms with Crippen LogP contribution in [0, 0.1) is 0 Å². The summed E-state index contributed by atoms with van der Waals surface area (Å²) in [6, 6.07) is 7.42. The second-order valence-electron chi connectivity index (χ2n) is 4.25. The largest absolute Gasteiger partial charge is 0.497 e. The van der Waals surface area contributed by atoms with Gasteiger partial charge in [0.2, 0.25) is 0 Å². The van der Waals surface area contributed by atoms with Crippen molar-refractivity contribution < 1.29 is 9.53 Å². The second-order valence-corrected chi connectivity index (χ2v) is 4.25. The van der Waals surface area contributed by atoms with E-state index >= 15 is 0 Å². The molecule has 6 nitrogen and oxygen atoms in total. The summed E-state index contributed by atoms with van der Waals surface area (Å²) in [4.78, 5) is 15.9. The van der Waals surface area contributed by atoms with Gasteiger partial charge in [-0.2, -0.15) is 5.10 Å². The molecule has 0 spiro atoms. The molecule has 1 amide bonds. The second kappa shape index (κ2) is 3.94. The molecule has 0 atom stereocenters. The van der Waals surface area contributed by atoms with Gasteiger partial charge in [-0.15, -0.1) is 0 Å². The lowest BCUT2D eigenvalue weighted by Gasteiger charge is -2.02. The quantitative estimate of drug-likeness (QED) is 0.747. The number of ether oxygens (including phenoxy) is 1. The number of benzene rings is 1. The highest BCUT2D eigenvalue weighted by atomic mass is 16.5. The summed E-state index contributed by atoms with van der Waals surface area (Å²) in [6.07, 6.45) is 0. The van der Waals surface area contributed by atoms with E-state index in [9.17, 15) is 4.79 Å². The lowest BCUT2D eigenvalue weighted by Crippen LogP contribution is -2.12. The zero-order valence-electron chi connectivity index (χ0n) is 10.5. The molecule has 0 aliphatic carbocycles. The van der Waals surface area contributed by atoms with Crippen LogP contribution < -0.4 is 10.5 Å². The van der Waals surface area contributed by atoms with Crippen molar-refractivity contribution in [2.45, 2.75) is 0 Å². The first kappa shape index (κ1) is 11.5. The van der Waals surface area contributed by atoms with Crippen molar-refractivity contribution in [3.8, 4) is 5.75 Å². The average molecular weight is 256 g/mol. The maximum absolute atomic E-state index is 11.4. The zero-order valence-corrected chi connectivity index (χ0v) is 10.5. The van der Waals surface area contributed by atoms with Gasteiger partial charge in [0.1, 0.15) is 5.75 Å². The fourth-order valence-electron chi connectivity index (χ4n) is 2.13. The van der Waals surface area contributed by atoms with E-state index in [4.69, 9.17) is 10.5 Å². The van der Waals surface area contributed by atoms with Crippen LogP contribution in [0.2, 0.25) is 0 Å². The molecule has 3 aromatic rings. The van der Waals surface area contributed by atoms with Crippen molar-refractivity contribution >= 4 is 27.8 Å². The van der Waals surface area contributed by atoms with Crippen molar-refractivity contribution in [2.75, 3.05) is 7.11 Å². The Balaban J connectivity index is 2.40. The zero-order chi connectivity index (χ0) is 13.6. The van der Waals surface area contributed by atoms with Gasteiger partial charge in [-0.1, -0.05) is 0 Å². The molecule has 0 aliphatic heterocycles. The molecule has 0 saturated carbocycles. The van der Waals surface area contributed by atoms with E-state index < -0.39 is 5.91 Å². The third kappa shape index (κ3) is 1.69. The standard InChI is InChI=1S/C13H12N4O2/c1-17-13-9(11(16-17)12(14)18)6-7-5-8(19-2)3-4-10(7)15-13/h3-6H,1-2H3,(H2,14,18). The molecule has 3 rings (SSSR count). The van der Waals surface area contributed by atoms with Crippen LogP contribution in [0.4, 0.5) is 0 Å². The van der Waals surface area contributed by atoms with Gasteiger partial charge in [0.25, 0.3) is 5.91 Å². The molecule has 0 unspecified atom stereocenters. The minimum absolute atomic E-state index is 0.231. The molecule has 0 bridgehead atoms. The Morgan fingerprint density at radius 2 is 2.16 bits per heavy atom. The third-order valence-electron chi connectivity index (χ3n) is 3.05. The molecule has 2 aromatic heterocycles. The predicted octanol–water partition coefficient (Wildman–Crippen LogP) is 1.23. The lowest BCUT2D eigenvalue weighted by molar-refractivity contribution is 0.0996. The Bertz CT molecular complexity index is 807. The predicted molar refractivity (Wildman–Crippen MR) is 71.1 cm³/mol. The van der Waals surface area contributed by atoms with E-state index in [0.29, 0.717) is 11.0 Å². The van der Waals surface area contributed by atoms with Gasteiger partial charge in [-0.25, -0.2) is 9.67 Å². The van der Waals surface area contributed by atoms with Crippen molar-refractivity contribution in [2.24, 2.45) is 12.8 Å². The van der Waals surface area contributed by atoms with Crippen LogP contribution >= 0.6 is 0 Å². The number of methoxy groups -OCH3 is 1. The van der Waals surface area contributed by atoms with Crippen LogP contribution in [-0.2, 0) is 7.05 Å². The first-order valence-electron chi connectivity index (χ1n) is 5.71. The minimum atomic E-state index is -0.561. The Morgan fingerprint density at radius 3 is 2.84 bits per heavy atom. The number of carbonyl (C=O) groups excluding carboxylic acids is 1. The normalized spacial score (nSPS) is 11.1. The third-order valence-corrected chi connectivity index (χ3v) is 3.05. The molecule has 19 heavy (non-hydrogen) atoms. The Hall–Kier alpha value is -2.63. The number of amides is 1. The molecule has 0 saturated heterocycles. The van der Waals surface area contributed by atoms with Crippen LogP contribution in [0.3, 0.4) is 0 Å². The molecule has 2 heterocycles. The van der Waals surface area contributed by atoms with E-state index in [1.807, 2.05) is 24.3 Å². The molecule has 96 valence electrons. The highest BCUT2D eigenvalue weighted by Gasteiger charge is 2.15. The van der Waals surface area contributed by atoms with E-state index in [0.717, 1.165) is 16.7 Å². The summed E-state index contributed by atoms with van der Waals surface area (Å²) in [5.41, 5.74) is 7.00. The van der Waals surface area contributed by atoms with Crippen molar-refractivity contribution in [3.63, 3.8) is 0 Å². The fourth-order valence-corrected chi connectivity index (χ4v) is 2.13. The van der Waals surface area contributed by atoms with E-state index in [1.165, 1.54) is 0 Å². The Morgan fingerprint density at radius 1 is 1.37 bits per heavy atom. The van der Waals surface area contributed by atoms with Crippen LogP contribution in [0.25, 0.3) is 21.9 Å². The van der Waals surface area contributed by atoms with Gasteiger partial charge in [-0.3, -0.25) is 4.79 Å². The number of aryl methyl sites for hydroxylation is 1. The number of primary amides is 1. The van der Waals surface area contributed by atoms with Gasteiger partial charge in [0, 0.05) is 12.4 Å². The van der Waals surface area contributed by atoms with Crippen molar-refractivity contribution in [1.82, 2.24) is 14.8 Å². The van der Waals surface area contributed by atoms with Crippen molar-refractivity contribution in [1.29, 1.82) is 0 Å². The van der Waals surface area contributed by atoms with Crippen LogP contribution in [0.15, 0.2) is 24.3 Å². The van der Waals surface area contributed by atoms with Crippen molar-refractivity contribution in [3.05, 3.63) is 30.0 Å². The van der Waals surface area contributed by atoms with E-state index in [-0.39, 0.29) is 5.69 Å². The SMILES string of the molecule is COc1ccc2nc3c(cc2c1)c(C(N)=O)nn3C. The molecule has 0 fully saturated rings. The van der Waals surface area contributed by atoms with Gasteiger partial charge in [0.15, 0.2) is 11.3 Å². The van der Waals surface area contributed by atoms with Gasteiger partial charge < -0.3 is 10.5 Å². The number of hydrogen-bond donors (Lipinski definition) is 1. The van der Waals surface area contributed by atoms with Gasteiger partial charge in [0.05, 0.1) is 18.0 Å². The van der Waals surface area contributed by atoms with Crippen LogP contribution in [0.5, 0.6) is 5.75 Å². The average Bonchev–Trinajstić information content (AvgIpc) is 2.73.